The van der Waals surface area contributed by atoms with Crippen molar-refractivity contribution in [2.24, 2.45) is 46.3 Å². The second kappa shape index (κ2) is 14.4. The summed E-state index contributed by atoms with van der Waals surface area (Å²) >= 11 is 0. The smallest absolute Gasteiger partial charge is 0.220 e. The second-order valence-electron chi connectivity index (χ2n) is 15.5. The summed E-state index contributed by atoms with van der Waals surface area (Å²) in [5, 5.41) is 36.8. The summed E-state index contributed by atoms with van der Waals surface area (Å²) in [4.78, 5) is 15.1. The van der Waals surface area contributed by atoms with Gasteiger partial charge in [-0.2, -0.15) is 0 Å². The Kier molecular flexibility index (Phi) is 11.7. The first-order chi connectivity index (χ1) is 19.5. The number of aliphatic hydroxyl groups excluding tert-OH is 3. The zero-order valence-corrected chi connectivity index (χ0v) is 27.1. The highest BCUT2D eigenvalue weighted by molar-refractivity contribution is 5.75. The number of amides is 1. The van der Waals surface area contributed by atoms with Crippen LogP contribution in [0.25, 0.3) is 0 Å². The number of carbonyl (C=O) groups excluding carboxylic acids is 1. The van der Waals surface area contributed by atoms with E-state index in [1.807, 2.05) is 0 Å². The van der Waals surface area contributed by atoms with Crippen molar-refractivity contribution in [1.29, 1.82) is 0 Å². The lowest BCUT2D eigenvalue weighted by atomic mass is 9.43. The van der Waals surface area contributed by atoms with E-state index in [1.165, 1.54) is 32.1 Å². The molecule has 0 aromatic heterocycles. The van der Waals surface area contributed by atoms with Crippen LogP contribution in [-0.2, 0) is 4.79 Å². The molecule has 238 valence electrons. The topological polar surface area (TPSA) is 93.0 Å². The van der Waals surface area contributed by atoms with Crippen LogP contribution in [0.1, 0.15) is 124 Å². The van der Waals surface area contributed by atoms with Crippen molar-refractivity contribution in [3.8, 4) is 0 Å². The molecular formula is C35H64N2O4. The van der Waals surface area contributed by atoms with Gasteiger partial charge in [0.05, 0.1) is 18.3 Å². The Morgan fingerprint density at radius 2 is 1.68 bits per heavy atom. The summed E-state index contributed by atoms with van der Waals surface area (Å²) in [6, 6.07) is 0. The maximum atomic E-state index is 12.7. The number of unbranched alkanes of at least 4 members (excludes halogenated alkanes) is 4. The van der Waals surface area contributed by atoms with Crippen molar-refractivity contribution in [3.63, 3.8) is 0 Å². The average Bonchev–Trinajstić information content (AvgIpc) is 3.29. The summed E-state index contributed by atoms with van der Waals surface area (Å²) in [5.74, 6) is 2.17. The highest BCUT2D eigenvalue weighted by Crippen LogP contribution is 2.68. The highest BCUT2D eigenvalue weighted by Gasteiger charge is 2.65. The third-order valence-corrected chi connectivity index (χ3v) is 13.0. The molecular weight excluding hydrogens is 512 g/mol. The van der Waals surface area contributed by atoms with Gasteiger partial charge >= 0.3 is 0 Å². The third-order valence-electron chi connectivity index (χ3n) is 13.0. The maximum Gasteiger partial charge on any atom is 0.220 e. The van der Waals surface area contributed by atoms with Crippen LogP contribution in [-0.4, -0.2) is 71.1 Å². The number of hydrogen-bond donors (Lipinski definition) is 4. The van der Waals surface area contributed by atoms with Crippen LogP contribution in [0.15, 0.2) is 0 Å². The fourth-order valence-electron chi connectivity index (χ4n) is 10.5. The number of hydrogen-bond acceptors (Lipinski definition) is 5. The number of rotatable bonds is 14. The van der Waals surface area contributed by atoms with E-state index in [2.05, 4.69) is 45.0 Å². The van der Waals surface area contributed by atoms with Gasteiger partial charge in [-0.3, -0.25) is 4.79 Å². The lowest BCUT2D eigenvalue weighted by Gasteiger charge is -2.63. The van der Waals surface area contributed by atoms with Crippen LogP contribution in [0.3, 0.4) is 0 Å². The monoisotopic (exact) mass is 576 g/mol. The Balaban J connectivity index is 1.24. The first kappa shape index (κ1) is 33.2. The number of carbonyl (C=O) groups is 1. The van der Waals surface area contributed by atoms with Crippen molar-refractivity contribution < 1.29 is 20.1 Å². The predicted octanol–water partition coefficient (Wildman–Crippen LogP) is 5.77. The zero-order valence-electron chi connectivity index (χ0n) is 27.1. The molecule has 5 unspecified atom stereocenters. The molecule has 0 bridgehead atoms. The Morgan fingerprint density at radius 3 is 2.44 bits per heavy atom. The van der Waals surface area contributed by atoms with Crippen molar-refractivity contribution in [3.05, 3.63) is 0 Å². The minimum atomic E-state index is -0.365. The molecule has 4 fully saturated rings. The molecule has 4 saturated carbocycles. The van der Waals surface area contributed by atoms with Gasteiger partial charge in [-0.25, -0.2) is 0 Å². The van der Waals surface area contributed by atoms with Gasteiger partial charge in [-0.15, -0.1) is 0 Å². The lowest BCUT2D eigenvalue weighted by molar-refractivity contribution is -0.207. The minimum Gasteiger partial charge on any atom is -0.393 e. The molecule has 6 heteroatoms. The number of nitrogens with one attached hydrogen (secondary N) is 1. The summed E-state index contributed by atoms with van der Waals surface area (Å²) in [5.41, 5.74) is -0.0901. The fourth-order valence-corrected chi connectivity index (χ4v) is 10.5. The molecule has 0 spiro atoms. The first-order valence-electron chi connectivity index (χ1n) is 17.5. The Labute approximate surface area is 251 Å². The van der Waals surface area contributed by atoms with Crippen molar-refractivity contribution >= 4 is 5.91 Å². The van der Waals surface area contributed by atoms with E-state index in [-0.39, 0.29) is 41.0 Å². The van der Waals surface area contributed by atoms with E-state index < -0.39 is 0 Å². The highest BCUT2D eigenvalue weighted by atomic mass is 16.3. The molecule has 4 N–H and O–H groups in total. The quantitative estimate of drug-likeness (QED) is 0.197. The van der Waals surface area contributed by atoms with E-state index in [9.17, 15) is 20.1 Å². The number of fused-ring (bicyclic) bond motifs is 5. The zero-order chi connectivity index (χ0) is 29.8. The van der Waals surface area contributed by atoms with E-state index >= 15 is 0 Å². The number of nitrogens with zero attached hydrogens (tertiary/aromatic N) is 1. The van der Waals surface area contributed by atoms with Crippen molar-refractivity contribution in [2.45, 2.75) is 142 Å². The minimum absolute atomic E-state index is 0.108. The summed E-state index contributed by atoms with van der Waals surface area (Å²) in [7, 11) is 2.19. The predicted molar refractivity (Wildman–Crippen MR) is 166 cm³/mol. The number of aliphatic hydroxyl groups is 3. The Morgan fingerprint density at radius 1 is 0.951 bits per heavy atom. The van der Waals surface area contributed by atoms with E-state index in [0.717, 1.165) is 77.4 Å². The van der Waals surface area contributed by atoms with E-state index in [4.69, 9.17) is 0 Å². The van der Waals surface area contributed by atoms with Crippen LogP contribution < -0.4 is 5.32 Å². The molecule has 0 aromatic carbocycles. The van der Waals surface area contributed by atoms with Crippen molar-refractivity contribution in [2.75, 3.05) is 26.7 Å². The largest absolute Gasteiger partial charge is 0.393 e. The van der Waals surface area contributed by atoms with E-state index in [1.54, 1.807) is 0 Å². The molecule has 0 saturated heterocycles. The van der Waals surface area contributed by atoms with Crippen LogP contribution in [0.5, 0.6) is 0 Å². The fraction of sp³-hybridized carbons (Fsp3) is 0.971. The van der Waals surface area contributed by atoms with Gasteiger partial charge in [0.1, 0.15) is 0 Å². The first-order valence-corrected chi connectivity index (χ1v) is 17.5. The Bertz CT molecular complexity index is 839. The second-order valence-corrected chi connectivity index (χ2v) is 15.5. The third kappa shape index (κ3) is 7.18. The molecule has 0 aliphatic heterocycles. The van der Waals surface area contributed by atoms with Crippen LogP contribution in [0, 0.1) is 46.3 Å². The molecule has 4 aliphatic rings. The molecule has 4 rings (SSSR count). The normalized spacial score (nSPS) is 41.0. The summed E-state index contributed by atoms with van der Waals surface area (Å²) in [6.45, 7) is 12.1. The van der Waals surface area contributed by atoms with Crippen molar-refractivity contribution in [1.82, 2.24) is 10.2 Å². The maximum absolute atomic E-state index is 12.7. The van der Waals surface area contributed by atoms with Gasteiger partial charge in [0.25, 0.3) is 0 Å². The van der Waals surface area contributed by atoms with Gasteiger partial charge in [-0.05, 0) is 131 Å². The standard InChI is InChI=1S/C35H64N2O4/c1-6-7-8-9-10-19-37(5)20-11-18-36-32(41)15-12-24(2)27-13-14-28-33-29(23-31(40)35(27,28)4)34(3)17-16-26(38)21-25(34)22-30(33)39/h24-31,33,38-40H,6-23H2,1-5H3,(H,36,41)/t24-,25?,26-,27?,28?,29?,30-,31+,33?,34+,35-/m1/s1. The molecule has 6 nitrogen and oxygen atoms in total. The molecule has 0 heterocycles. The van der Waals surface area contributed by atoms with Crippen LogP contribution >= 0.6 is 0 Å². The molecule has 0 radical (unpaired) electrons. The average molecular weight is 577 g/mol. The Hall–Kier alpha value is -0.690. The van der Waals surface area contributed by atoms with Crippen LogP contribution in [0.4, 0.5) is 0 Å². The summed E-state index contributed by atoms with van der Waals surface area (Å²) < 4.78 is 0. The van der Waals surface area contributed by atoms with E-state index in [0.29, 0.717) is 36.0 Å². The SMILES string of the molecule is CCCCCCCN(C)CCCNC(=O)CC[C@@H](C)C1CCC2C3C(C[C@H](O)[C@@]21C)[C@@]1(C)CC[C@@H](O)CC1C[C@H]3O. The molecule has 11 atom stereocenters. The molecule has 41 heavy (non-hydrogen) atoms. The molecule has 1 amide bonds. The lowest BCUT2D eigenvalue weighted by Crippen LogP contribution is -2.62. The van der Waals surface area contributed by atoms with Gasteiger partial charge in [-0.1, -0.05) is 53.4 Å². The van der Waals surface area contributed by atoms with Gasteiger partial charge in [0.15, 0.2) is 0 Å². The van der Waals surface area contributed by atoms with Gasteiger partial charge < -0.3 is 25.5 Å². The van der Waals surface area contributed by atoms with Crippen LogP contribution in [0.2, 0.25) is 0 Å². The molecule has 0 aromatic rings. The molecule has 4 aliphatic carbocycles. The summed E-state index contributed by atoms with van der Waals surface area (Å²) in [6.07, 6.45) is 14.4. The van der Waals surface area contributed by atoms with Gasteiger partial charge in [0, 0.05) is 13.0 Å². The van der Waals surface area contributed by atoms with Gasteiger partial charge in [0.2, 0.25) is 5.91 Å².